The van der Waals surface area contributed by atoms with E-state index in [-0.39, 0.29) is 22.3 Å². The van der Waals surface area contributed by atoms with Crippen LogP contribution in [0.15, 0.2) is 9.90 Å². The normalized spacial score (nSPS) is 17.3. The molecule has 0 radical (unpaired) electrons. The third-order valence-electron chi connectivity index (χ3n) is 3.52. The zero-order valence-electron chi connectivity index (χ0n) is 12.2. The summed E-state index contributed by atoms with van der Waals surface area (Å²) in [6, 6.07) is -0.00936. The van der Waals surface area contributed by atoms with Crippen LogP contribution in [0.1, 0.15) is 31.9 Å². The van der Waals surface area contributed by atoms with Gasteiger partial charge in [-0.05, 0) is 25.6 Å². The summed E-state index contributed by atoms with van der Waals surface area (Å²) in [5, 5.41) is 16.4. The number of aromatic nitrogens is 2. The Kier molecular flexibility index (Phi) is 5.13. The Morgan fingerprint density at radius 3 is 2.81 bits per heavy atom. The lowest BCUT2D eigenvalue weighted by atomic mass is 10.2. The van der Waals surface area contributed by atoms with Crippen LogP contribution in [-0.2, 0) is 4.74 Å². The van der Waals surface area contributed by atoms with Gasteiger partial charge < -0.3 is 9.84 Å². The van der Waals surface area contributed by atoms with E-state index in [4.69, 9.17) is 17.0 Å². The van der Waals surface area contributed by atoms with Crippen molar-refractivity contribution in [3.8, 4) is 5.88 Å². The minimum atomic E-state index is -0.436. The van der Waals surface area contributed by atoms with E-state index in [2.05, 4.69) is 10.1 Å². The molecule has 0 bridgehead atoms. The van der Waals surface area contributed by atoms with Gasteiger partial charge in [0.2, 0.25) is 5.88 Å². The van der Waals surface area contributed by atoms with E-state index in [0.29, 0.717) is 26.3 Å². The fourth-order valence-electron chi connectivity index (χ4n) is 2.07. The molecule has 2 N–H and O–H groups in total. The molecular formula is C13H20N4O3S. The van der Waals surface area contributed by atoms with Crippen LogP contribution in [0, 0.1) is 4.77 Å². The van der Waals surface area contributed by atoms with E-state index in [1.807, 2.05) is 13.8 Å². The average Bonchev–Trinajstić information content (AvgIpc) is 2.47. The highest BCUT2D eigenvalue weighted by Gasteiger charge is 2.15. The van der Waals surface area contributed by atoms with Crippen molar-refractivity contribution >= 4 is 18.4 Å². The summed E-state index contributed by atoms with van der Waals surface area (Å²) in [7, 11) is 0. The topological polar surface area (TPSA) is 82.8 Å². The average molecular weight is 312 g/mol. The number of rotatable bonds is 4. The predicted molar refractivity (Wildman–Crippen MR) is 82.5 cm³/mol. The smallest absolute Gasteiger partial charge is 0.264 e. The number of hydrogen-bond acceptors (Lipinski definition) is 6. The Balaban J connectivity index is 2.36. The zero-order valence-corrected chi connectivity index (χ0v) is 13.0. The van der Waals surface area contributed by atoms with E-state index >= 15 is 0 Å². The van der Waals surface area contributed by atoms with Crippen LogP contribution in [0.5, 0.6) is 5.88 Å². The third kappa shape index (κ3) is 3.51. The molecule has 116 valence electrons. The lowest BCUT2D eigenvalue weighted by molar-refractivity contribution is 0.0396. The molecule has 21 heavy (non-hydrogen) atoms. The van der Waals surface area contributed by atoms with Crippen molar-refractivity contribution in [3.05, 3.63) is 20.7 Å². The van der Waals surface area contributed by atoms with Crippen molar-refractivity contribution in [2.24, 2.45) is 5.10 Å². The van der Waals surface area contributed by atoms with E-state index in [1.165, 1.54) is 10.8 Å². The molecule has 0 spiro atoms. The van der Waals surface area contributed by atoms with Crippen LogP contribution < -0.4 is 5.56 Å². The molecule has 0 aliphatic carbocycles. The van der Waals surface area contributed by atoms with Gasteiger partial charge in [0.25, 0.3) is 5.56 Å². The summed E-state index contributed by atoms with van der Waals surface area (Å²) in [5.41, 5.74) is -0.315. The Labute approximate surface area is 127 Å². The minimum Gasteiger partial charge on any atom is -0.494 e. The van der Waals surface area contributed by atoms with Crippen LogP contribution in [0.25, 0.3) is 0 Å². The number of morpholine rings is 1. The van der Waals surface area contributed by atoms with Gasteiger partial charge >= 0.3 is 0 Å². The maximum atomic E-state index is 12.0. The Bertz CT molecular complexity index is 631. The van der Waals surface area contributed by atoms with Crippen LogP contribution in [0.2, 0.25) is 0 Å². The van der Waals surface area contributed by atoms with Gasteiger partial charge in [-0.2, -0.15) is 5.10 Å². The van der Waals surface area contributed by atoms with Crippen molar-refractivity contribution in [1.82, 2.24) is 14.6 Å². The Morgan fingerprint density at radius 1 is 1.52 bits per heavy atom. The highest BCUT2D eigenvalue weighted by atomic mass is 32.1. The molecule has 8 heteroatoms. The first-order valence-electron chi connectivity index (χ1n) is 6.99. The van der Waals surface area contributed by atoms with Gasteiger partial charge in [0.1, 0.15) is 5.56 Å². The van der Waals surface area contributed by atoms with Gasteiger partial charge in [0.05, 0.1) is 32.5 Å². The molecule has 0 saturated carbocycles. The van der Waals surface area contributed by atoms with Crippen LogP contribution in [-0.4, -0.2) is 52.2 Å². The van der Waals surface area contributed by atoms with E-state index in [9.17, 15) is 9.90 Å². The Morgan fingerprint density at radius 2 is 2.19 bits per heavy atom. The molecule has 0 amide bonds. The molecule has 1 aromatic heterocycles. The van der Waals surface area contributed by atoms with Crippen molar-refractivity contribution in [2.75, 3.05) is 26.3 Å². The number of nitrogens with one attached hydrogen (secondary N) is 1. The molecule has 1 aliphatic rings. The van der Waals surface area contributed by atoms with Crippen molar-refractivity contribution in [2.45, 2.75) is 26.3 Å². The molecule has 1 aromatic rings. The molecule has 1 fully saturated rings. The fraction of sp³-hybridized carbons (Fsp3) is 0.615. The van der Waals surface area contributed by atoms with Crippen molar-refractivity contribution in [3.63, 3.8) is 0 Å². The second-order valence-electron chi connectivity index (χ2n) is 4.93. The molecular weight excluding hydrogens is 292 g/mol. The lowest BCUT2D eigenvalue weighted by Crippen LogP contribution is -2.32. The summed E-state index contributed by atoms with van der Waals surface area (Å²) in [6.07, 6.45) is 2.17. The third-order valence-corrected chi connectivity index (χ3v) is 3.82. The van der Waals surface area contributed by atoms with E-state index < -0.39 is 5.56 Å². The first-order chi connectivity index (χ1) is 10.0. The maximum Gasteiger partial charge on any atom is 0.264 e. The number of aromatic amines is 1. The van der Waals surface area contributed by atoms with Crippen molar-refractivity contribution < 1.29 is 9.84 Å². The maximum absolute atomic E-state index is 12.0. The number of hydrogen-bond donors (Lipinski definition) is 2. The number of nitrogens with zero attached hydrogens (tertiary/aromatic N) is 3. The Hall–Kier alpha value is -1.67. The standard InChI is InChI=1S/C13H20N4O3S/c1-3-9(2)17-12(19)10(11(18)15-13(17)21)8-14-16-4-6-20-7-5-16/h8-9,19H,3-7H2,1-2H3,(H,15,18,21)/b14-8+/t9-/m1/s1. The van der Waals surface area contributed by atoms with Gasteiger partial charge in [-0.3, -0.25) is 19.4 Å². The lowest BCUT2D eigenvalue weighted by Gasteiger charge is -2.23. The molecule has 2 heterocycles. The summed E-state index contributed by atoms with van der Waals surface area (Å²) in [5.74, 6) is -0.143. The van der Waals surface area contributed by atoms with Gasteiger partial charge in [0.15, 0.2) is 4.77 Å². The van der Waals surface area contributed by atoms with Crippen LogP contribution in [0.3, 0.4) is 0 Å². The number of ether oxygens (including phenoxy) is 1. The predicted octanol–water partition coefficient (Wildman–Crippen LogP) is 1.25. The summed E-state index contributed by atoms with van der Waals surface area (Å²) < 4.78 is 6.99. The second-order valence-corrected chi connectivity index (χ2v) is 5.32. The van der Waals surface area contributed by atoms with E-state index in [0.717, 1.165) is 6.42 Å². The second kappa shape index (κ2) is 6.86. The zero-order chi connectivity index (χ0) is 15.4. The van der Waals surface area contributed by atoms with Gasteiger partial charge in [-0.25, -0.2) is 0 Å². The summed E-state index contributed by atoms with van der Waals surface area (Å²) in [6.45, 7) is 6.46. The largest absolute Gasteiger partial charge is 0.494 e. The number of aromatic hydroxyl groups is 1. The molecule has 1 saturated heterocycles. The van der Waals surface area contributed by atoms with Crippen molar-refractivity contribution in [1.29, 1.82) is 0 Å². The first-order valence-corrected chi connectivity index (χ1v) is 7.39. The van der Waals surface area contributed by atoms with Gasteiger partial charge in [-0.1, -0.05) is 6.92 Å². The van der Waals surface area contributed by atoms with Gasteiger partial charge in [0, 0.05) is 6.04 Å². The molecule has 0 unspecified atom stereocenters. The highest BCUT2D eigenvalue weighted by Crippen LogP contribution is 2.20. The fourth-order valence-corrected chi connectivity index (χ4v) is 2.43. The minimum absolute atomic E-state index is 0.00936. The first kappa shape index (κ1) is 15.7. The highest BCUT2D eigenvalue weighted by molar-refractivity contribution is 7.71. The summed E-state index contributed by atoms with van der Waals surface area (Å²) >= 11 is 5.11. The molecule has 2 rings (SSSR count). The summed E-state index contributed by atoms with van der Waals surface area (Å²) in [4.78, 5) is 14.5. The molecule has 0 aromatic carbocycles. The molecule has 1 aliphatic heterocycles. The molecule has 7 nitrogen and oxygen atoms in total. The SMILES string of the molecule is CC[C@@H](C)n1c(O)c(/C=N/N2CCOCC2)c(=O)[nH]c1=S. The molecule has 1 atom stereocenters. The van der Waals surface area contributed by atoms with Crippen LogP contribution in [0.4, 0.5) is 0 Å². The number of H-pyrrole nitrogens is 1. The van der Waals surface area contributed by atoms with Gasteiger partial charge in [-0.15, -0.1) is 0 Å². The van der Waals surface area contributed by atoms with Crippen LogP contribution >= 0.6 is 12.2 Å². The number of hydrazone groups is 1. The van der Waals surface area contributed by atoms with E-state index in [1.54, 1.807) is 5.01 Å². The quantitative estimate of drug-likeness (QED) is 0.646. The monoisotopic (exact) mass is 312 g/mol.